The molecule has 1 aromatic heterocycles. The Kier molecular flexibility index (Phi) is 5.09. The van der Waals surface area contributed by atoms with E-state index in [1.54, 1.807) is 0 Å². The first-order valence-corrected chi connectivity index (χ1v) is 7.37. The summed E-state index contributed by atoms with van der Waals surface area (Å²) in [6.07, 6.45) is 4.19. The molecule has 0 aliphatic rings. The minimum absolute atomic E-state index is 0.0689. The lowest BCUT2D eigenvalue weighted by atomic mass is 10.2. The first-order valence-electron chi connectivity index (χ1n) is 7.37. The van der Waals surface area contributed by atoms with Crippen LogP contribution in [0.15, 0.2) is 24.3 Å². The van der Waals surface area contributed by atoms with E-state index in [0.717, 1.165) is 49.8 Å². The maximum absolute atomic E-state index is 12.6. The van der Waals surface area contributed by atoms with Gasteiger partial charge in [-0.15, -0.1) is 5.10 Å². The van der Waals surface area contributed by atoms with Crippen LogP contribution in [0.25, 0.3) is 11.0 Å². The van der Waals surface area contributed by atoms with Crippen LogP contribution in [0, 0.1) is 0 Å². The highest BCUT2D eigenvalue weighted by Crippen LogP contribution is 2.11. The van der Waals surface area contributed by atoms with E-state index in [4.69, 9.17) is 0 Å². The summed E-state index contributed by atoms with van der Waals surface area (Å²) in [5.41, 5.74) is 1.53. The number of hydrogen-bond acceptors (Lipinski definition) is 3. The molecule has 20 heavy (non-hydrogen) atoms. The van der Waals surface area contributed by atoms with Gasteiger partial charge in [0.05, 0.1) is 5.52 Å². The minimum Gasteiger partial charge on any atom is -0.323 e. The van der Waals surface area contributed by atoms with Crippen molar-refractivity contribution in [2.75, 3.05) is 13.1 Å². The van der Waals surface area contributed by atoms with Crippen LogP contribution in [0.5, 0.6) is 0 Å². The number of rotatable bonds is 6. The molecule has 0 spiro atoms. The number of nitrogens with zero attached hydrogens (tertiary/aromatic N) is 4. The maximum Gasteiger partial charge on any atom is 0.346 e. The molecule has 0 fully saturated rings. The van der Waals surface area contributed by atoms with E-state index in [0.29, 0.717) is 0 Å². The number of unbranched alkanes of at least 4 members (excludes halogenated alkanes) is 2. The van der Waals surface area contributed by atoms with Crippen molar-refractivity contribution in [1.82, 2.24) is 19.9 Å². The van der Waals surface area contributed by atoms with Gasteiger partial charge in [-0.3, -0.25) is 0 Å². The lowest BCUT2D eigenvalue weighted by Crippen LogP contribution is -2.36. The second-order valence-electron chi connectivity index (χ2n) is 4.97. The lowest BCUT2D eigenvalue weighted by molar-refractivity contribution is 0.195. The van der Waals surface area contributed by atoms with Crippen molar-refractivity contribution < 1.29 is 4.79 Å². The van der Waals surface area contributed by atoms with Crippen LogP contribution in [0.2, 0.25) is 0 Å². The predicted octanol–water partition coefficient (Wildman–Crippen LogP) is 3.30. The van der Waals surface area contributed by atoms with Gasteiger partial charge in [0.2, 0.25) is 0 Å². The Labute approximate surface area is 119 Å². The van der Waals surface area contributed by atoms with Crippen LogP contribution in [0.4, 0.5) is 4.79 Å². The molecule has 108 valence electrons. The summed E-state index contributed by atoms with van der Waals surface area (Å²) in [5, 5.41) is 8.06. The molecule has 1 aromatic carbocycles. The summed E-state index contributed by atoms with van der Waals surface area (Å²) in [7, 11) is 0. The van der Waals surface area contributed by atoms with E-state index < -0.39 is 0 Å². The molecule has 1 heterocycles. The first-order chi connectivity index (χ1) is 9.77. The van der Waals surface area contributed by atoms with Gasteiger partial charge < -0.3 is 4.90 Å². The molecule has 0 saturated heterocycles. The Hall–Kier alpha value is -1.91. The Morgan fingerprint density at radius 1 is 1.15 bits per heavy atom. The van der Waals surface area contributed by atoms with E-state index in [2.05, 4.69) is 24.2 Å². The van der Waals surface area contributed by atoms with Crippen LogP contribution in [-0.4, -0.2) is 39.0 Å². The Morgan fingerprint density at radius 2 is 1.80 bits per heavy atom. The molecule has 0 saturated carbocycles. The zero-order valence-electron chi connectivity index (χ0n) is 12.2. The first kappa shape index (κ1) is 14.5. The summed E-state index contributed by atoms with van der Waals surface area (Å²) < 4.78 is 1.42. The van der Waals surface area contributed by atoms with Gasteiger partial charge in [0.25, 0.3) is 0 Å². The Morgan fingerprint density at radius 3 is 2.45 bits per heavy atom. The van der Waals surface area contributed by atoms with Gasteiger partial charge >= 0.3 is 6.03 Å². The fourth-order valence-corrected chi connectivity index (χ4v) is 2.15. The third kappa shape index (κ3) is 3.15. The van der Waals surface area contributed by atoms with Crippen LogP contribution in [-0.2, 0) is 0 Å². The molecule has 0 bridgehead atoms. The summed E-state index contributed by atoms with van der Waals surface area (Å²) in [4.78, 5) is 14.5. The summed E-state index contributed by atoms with van der Waals surface area (Å²) in [6, 6.07) is 7.48. The molecule has 2 rings (SSSR count). The van der Waals surface area contributed by atoms with Gasteiger partial charge in [-0.05, 0) is 25.0 Å². The third-order valence-corrected chi connectivity index (χ3v) is 3.37. The second-order valence-corrected chi connectivity index (χ2v) is 4.97. The van der Waals surface area contributed by atoms with Crippen molar-refractivity contribution >= 4 is 17.1 Å². The lowest BCUT2D eigenvalue weighted by Gasteiger charge is -2.21. The van der Waals surface area contributed by atoms with Gasteiger partial charge in [-0.1, -0.05) is 44.0 Å². The third-order valence-electron chi connectivity index (χ3n) is 3.37. The van der Waals surface area contributed by atoms with Gasteiger partial charge in [-0.25, -0.2) is 4.79 Å². The number of para-hydroxylation sites is 1. The number of aromatic nitrogens is 3. The number of benzene rings is 1. The zero-order chi connectivity index (χ0) is 14.4. The summed E-state index contributed by atoms with van der Waals surface area (Å²) in [6.45, 7) is 5.83. The molecule has 0 radical (unpaired) electrons. The topological polar surface area (TPSA) is 51.0 Å². The molecule has 0 N–H and O–H groups in total. The highest BCUT2D eigenvalue weighted by atomic mass is 16.2. The monoisotopic (exact) mass is 274 g/mol. The molecular formula is C15H22N4O. The molecule has 5 nitrogen and oxygen atoms in total. The fourth-order valence-electron chi connectivity index (χ4n) is 2.15. The molecule has 0 aliphatic heterocycles. The van der Waals surface area contributed by atoms with E-state index in [1.807, 2.05) is 29.2 Å². The van der Waals surface area contributed by atoms with E-state index in [1.165, 1.54) is 4.68 Å². The fraction of sp³-hybridized carbons (Fsp3) is 0.533. The minimum atomic E-state index is -0.0689. The van der Waals surface area contributed by atoms with Crippen LogP contribution < -0.4 is 0 Å². The van der Waals surface area contributed by atoms with Crippen LogP contribution >= 0.6 is 0 Å². The van der Waals surface area contributed by atoms with Gasteiger partial charge in [0.1, 0.15) is 5.52 Å². The molecule has 5 heteroatoms. The summed E-state index contributed by atoms with van der Waals surface area (Å²) in [5.74, 6) is 0. The SMILES string of the molecule is CCCCN(CCCC)C(=O)n1nnc2ccccc21. The van der Waals surface area contributed by atoms with Gasteiger partial charge in [-0.2, -0.15) is 4.68 Å². The van der Waals surface area contributed by atoms with Crippen molar-refractivity contribution in [1.29, 1.82) is 0 Å². The highest BCUT2D eigenvalue weighted by molar-refractivity contribution is 5.87. The number of hydrogen-bond donors (Lipinski definition) is 0. The normalized spacial score (nSPS) is 10.9. The highest BCUT2D eigenvalue weighted by Gasteiger charge is 2.18. The molecule has 0 unspecified atom stereocenters. The van der Waals surface area contributed by atoms with E-state index in [9.17, 15) is 4.79 Å². The number of fused-ring (bicyclic) bond motifs is 1. The molecule has 1 amide bonds. The van der Waals surface area contributed by atoms with Crippen molar-refractivity contribution in [3.05, 3.63) is 24.3 Å². The largest absolute Gasteiger partial charge is 0.346 e. The molecule has 2 aromatic rings. The quantitative estimate of drug-likeness (QED) is 0.812. The van der Waals surface area contributed by atoms with Crippen molar-refractivity contribution in [2.45, 2.75) is 39.5 Å². The van der Waals surface area contributed by atoms with Crippen LogP contribution in [0.3, 0.4) is 0 Å². The Balaban J connectivity index is 2.21. The smallest absolute Gasteiger partial charge is 0.323 e. The average molecular weight is 274 g/mol. The van der Waals surface area contributed by atoms with Crippen molar-refractivity contribution in [3.8, 4) is 0 Å². The second kappa shape index (κ2) is 7.03. The number of carbonyl (C=O) groups excluding carboxylic acids is 1. The van der Waals surface area contributed by atoms with Crippen molar-refractivity contribution in [3.63, 3.8) is 0 Å². The number of carbonyl (C=O) groups is 1. The van der Waals surface area contributed by atoms with E-state index in [-0.39, 0.29) is 6.03 Å². The molecule has 0 atom stereocenters. The van der Waals surface area contributed by atoms with Crippen molar-refractivity contribution in [2.24, 2.45) is 0 Å². The molecule has 0 aliphatic carbocycles. The van der Waals surface area contributed by atoms with Gasteiger partial charge in [0, 0.05) is 13.1 Å². The van der Waals surface area contributed by atoms with Crippen LogP contribution in [0.1, 0.15) is 39.5 Å². The molecular weight excluding hydrogens is 252 g/mol. The Bertz CT molecular complexity index is 556. The average Bonchev–Trinajstić information content (AvgIpc) is 2.91. The standard InChI is InChI=1S/C15H22N4O/c1-3-5-11-18(12-6-4-2)15(20)19-14-10-8-7-9-13(14)16-17-19/h7-10H,3-6,11-12H2,1-2H3. The maximum atomic E-state index is 12.6. The number of amides is 1. The van der Waals surface area contributed by atoms with E-state index >= 15 is 0 Å². The van der Waals surface area contributed by atoms with Gasteiger partial charge in [0.15, 0.2) is 0 Å². The zero-order valence-corrected chi connectivity index (χ0v) is 12.2. The predicted molar refractivity (Wildman–Crippen MR) is 79.7 cm³/mol. The summed E-state index contributed by atoms with van der Waals surface area (Å²) >= 11 is 0.